The van der Waals surface area contributed by atoms with Gasteiger partial charge in [0.05, 0.1) is 7.11 Å². The Morgan fingerprint density at radius 1 is 1.11 bits per heavy atom. The average molecular weight is 381 g/mol. The number of anilines is 1. The van der Waals surface area contributed by atoms with Crippen molar-refractivity contribution in [2.45, 2.75) is 45.7 Å². The van der Waals surface area contributed by atoms with Crippen LogP contribution in [0.5, 0.6) is 5.75 Å². The molecule has 1 aliphatic rings. The minimum Gasteiger partial charge on any atom is -0.497 e. The number of rotatable bonds is 7. The third-order valence-corrected chi connectivity index (χ3v) is 5.35. The van der Waals surface area contributed by atoms with Crippen molar-refractivity contribution < 1.29 is 9.53 Å². The number of ether oxygens (including phenoxy) is 1. The first-order chi connectivity index (χ1) is 13.6. The lowest BCUT2D eigenvalue weighted by molar-refractivity contribution is -0.120. The highest BCUT2D eigenvalue weighted by molar-refractivity contribution is 5.94. The molecule has 3 rings (SSSR count). The van der Waals surface area contributed by atoms with E-state index in [-0.39, 0.29) is 11.9 Å². The number of methoxy groups -OCH3 is 1. The first-order valence-corrected chi connectivity index (χ1v) is 10.3. The zero-order valence-corrected chi connectivity index (χ0v) is 17.3. The maximum absolute atomic E-state index is 13.1. The van der Waals surface area contributed by atoms with Gasteiger partial charge in [0.1, 0.15) is 5.75 Å². The summed E-state index contributed by atoms with van der Waals surface area (Å²) in [6.45, 7) is 7.20. The number of carbonyl (C=O) groups is 1. The van der Waals surface area contributed by atoms with E-state index in [4.69, 9.17) is 4.74 Å². The third kappa shape index (κ3) is 5.35. The fourth-order valence-corrected chi connectivity index (χ4v) is 3.94. The monoisotopic (exact) mass is 380 g/mol. The molecular weight excluding hydrogens is 348 g/mol. The summed E-state index contributed by atoms with van der Waals surface area (Å²) in [6, 6.07) is 18.8. The Hall–Kier alpha value is -2.33. The molecule has 0 saturated carbocycles. The van der Waals surface area contributed by atoms with Gasteiger partial charge in [0.15, 0.2) is 0 Å². The molecule has 1 aliphatic heterocycles. The van der Waals surface area contributed by atoms with Gasteiger partial charge in [0, 0.05) is 43.9 Å². The van der Waals surface area contributed by atoms with E-state index in [0.717, 1.165) is 43.9 Å². The minimum atomic E-state index is 0.213. The molecule has 4 nitrogen and oxygen atoms in total. The van der Waals surface area contributed by atoms with Crippen molar-refractivity contribution in [1.29, 1.82) is 0 Å². The van der Waals surface area contributed by atoms with Crippen LogP contribution in [0, 0.1) is 5.92 Å². The van der Waals surface area contributed by atoms with Gasteiger partial charge in [0.25, 0.3) is 0 Å². The molecule has 4 heteroatoms. The molecule has 0 N–H and O–H groups in total. The van der Waals surface area contributed by atoms with Crippen LogP contribution in [-0.2, 0) is 11.3 Å². The van der Waals surface area contributed by atoms with Crippen LogP contribution < -0.4 is 9.64 Å². The standard InChI is InChI=1S/C24H32N2O2/c1-19(2)16-24(27)26(22-10-7-11-23(17-22)28-3)21-12-14-25(15-13-21)18-20-8-5-4-6-9-20/h4-11,17,19,21H,12-16,18H2,1-3H3. The molecule has 1 fully saturated rings. The molecule has 1 amide bonds. The molecule has 0 atom stereocenters. The van der Waals surface area contributed by atoms with Gasteiger partial charge in [-0.25, -0.2) is 0 Å². The highest BCUT2D eigenvalue weighted by Gasteiger charge is 2.29. The lowest BCUT2D eigenvalue weighted by Gasteiger charge is -2.39. The summed E-state index contributed by atoms with van der Waals surface area (Å²) in [5.41, 5.74) is 2.30. The number of benzene rings is 2. The Morgan fingerprint density at radius 3 is 2.46 bits per heavy atom. The predicted octanol–water partition coefficient (Wildman–Crippen LogP) is 4.74. The van der Waals surface area contributed by atoms with E-state index in [0.29, 0.717) is 12.3 Å². The number of piperidine rings is 1. The van der Waals surface area contributed by atoms with Crippen LogP contribution in [0.25, 0.3) is 0 Å². The van der Waals surface area contributed by atoms with E-state index in [9.17, 15) is 4.79 Å². The summed E-state index contributed by atoms with van der Waals surface area (Å²) < 4.78 is 5.39. The molecule has 2 aromatic carbocycles. The van der Waals surface area contributed by atoms with Crippen LogP contribution in [0.1, 0.15) is 38.7 Å². The molecule has 0 aliphatic carbocycles. The third-order valence-electron chi connectivity index (χ3n) is 5.35. The highest BCUT2D eigenvalue weighted by atomic mass is 16.5. The first-order valence-electron chi connectivity index (χ1n) is 10.3. The topological polar surface area (TPSA) is 32.8 Å². The number of likely N-dealkylation sites (tertiary alicyclic amines) is 1. The second-order valence-electron chi connectivity index (χ2n) is 8.06. The zero-order valence-electron chi connectivity index (χ0n) is 17.3. The fourth-order valence-electron chi connectivity index (χ4n) is 3.94. The van der Waals surface area contributed by atoms with Crippen molar-refractivity contribution in [3.8, 4) is 5.75 Å². The Balaban J connectivity index is 1.71. The summed E-state index contributed by atoms with van der Waals surface area (Å²) >= 11 is 0. The van der Waals surface area contributed by atoms with Crippen molar-refractivity contribution >= 4 is 11.6 Å². The second kappa shape index (κ2) is 9.74. The Morgan fingerprint density at radius 2 is 1.82 bits per heavy atom. The largest absolute Gasteiger partial charge is 0.497 e. The maximum Gasteiger partial charge on any atom is 0.227 e. The van der Waals surface area contributed by atoms with Crippen LogP contribution in [0.2, 0.25) is 0 Å². The van der Waals surface area contributed by atoms with E-state index in [1.807, 2.05) is 29.2 Å². The normalized spacial score (nSPS) is 15.6. The minimum absolute atomic E-state index is 0.213. The van der Waals surface area contributed by atoms with Gasteiger partial charge in [0.2, 0.25) is 5.91 Å². The molecule has 28 heavy (non-hydrogen) atoms. The van der Waals surface area contributed by atoms with Gasteiger partial charge < -0.3 is 9.64 Å². The molecule has 0 radical (unpaired) electrons. The summed E-state index contributed by atoms with van der Waals surface area (Å²) in [6.07, 6.45) is 2.56. The SMILES string of the molecule is COc1cccc(N(C(=O)CC(C)C)C2CCN(Cc3ccccc3)CC2)c1. The van der Waals surface area contributed by atoms with E-state index in [1.54, 1.807) is 7.11 Å². The smallest absolute Gasteiger partial charge is 0.227 e. The molecular formula is C24H32N2O2. The zero-order chi connectivity index (χ0) is 19.9. The van der Waals surface area contributed by atoms with Gasteiger partial charge in [-0.3, -0.25) is 9.69 Å². The van der Waals surface area contributed by atoms with Crippen molar-refractivity contribution in [2.75, 3.05) is 25.1 Å². The van der Waals surface area contributed by atoms with Gasteiger partial charge in [-0.2, -0.15) is 0 Å². The highest BCUT2D eigenvalue weighted by Crippen LogP contribution is 2.28. The lowest BCUT2D eigenvalue weighted by atomic mass is 9.99. The van der Waals surface area contributed by atoms with Gasteiger partial charge >= 0.3 is 0 Å². The average Bonchev–Trinajstić information content (AvgIpc) is 2.70. The number of carbonyl (C=O) groups excluding carboxylic acids is 1. The molecule has 0 unspecified atom stereocenters. The van der Waals surface area contributed by atoms with E-state index < -0.39 is 0 Å². The molecule has 2 aromatic rings. The maximum atomic E-state index is 13.1. The molecule has 0 aromatic heterocycles. The van der Waals surface area contributed by atoms with Crippen LogP contribution in [-0.4, -0.2) is 37.0 Å². The summed E-state index contributed by atoms with van der Waals surface area (Å²) in [5.74, 6) is 1.35. The van der Waals surface area contributed by atoms with Crippen LogP contribution in [0.15, 0.2) is 54.6 Å². The quantitative estimate of drug-likeness (QED) is 0.696. The molecule has 0 spiro atoms. The molecule has 1 heterocycles. The van der Waals surface area contributed by atoms with Crippen LogP contribution >= 0.6 is 0 Å². The summed E-state index contributed by atoms with van der Waals surface area (Å²) in [7, 11) is 1.67. The van der Waals surface area contributed by atoms with Crippen LogP contribution in [0.4, 0.5) is 5.69 Å². The molecule has 0 bridgehead atoms. The van der Waals surface area contributed by atoms with Gasteiger partial charge in [-0.1, -0.05) is 50.2 Å². The van der Waals surface area contributed by atoms with Crippen molar-refractivity contribution in [1.82, 2.24) is 4.90 Å². The Kier molecular flexibility index (Phi) is 7.10. The van der Waals surface area contributed by atoms with E-state index in [1.165, 1.54) is 5.56 Å². The number of nitrogens with zero attached hydrogens (tertiary/aromatic N) is 2. The molecule has 1 saturated heterocycles. The van der Waals surface area contributed by atoms with Crippen molar-refractivity contribution in [3.63, 3.8) is 0 Å². The second-order valence-corrected chi connectivity index (χ2v) is 8.06. The van der Waals surface area contributed by atoms with Crippen LogP contribution in [0.3, 0.4) is 0 Å². The van der Waals surface area contributed by atoms with Gasteiger partial charge in [-0.15, -0.1) is 0 Å². The molecule has 150 valence electrons. The van der Waals surface area contributed by atoms with Crippen molar-refractivity contribution in [2.24, 2.45) is 5.92 Å². The van der Waals surface area contributed by atoms with E-state index >= 15 is 0 Å². The Bertz CT molecular complexity index is 752. The van der Waals surface area contributed by atoms with Gasteiger partial charge in [-0.05, 0) is 36.5 Å². The van der Waals surface area contributed by atoms with Crippen molar-refractivity contribution in [3.05, 3.63) is 60.2 Å². The first kappa shape index (κ1) is 20.4. The summed E-state index contributed by atoms with van der Waals surface area (Å²) in [5, 5.41) is 0. The number of hydrogen-bond donors (Lipinski definition) is 0. The number of amides is 1. The van der Waals surface area contributed by atoms with E-state index in [2.05, 4.69) is 49.1 Å². The Labute approximate surface area is 169 Å². The lowest BCUT2D eigenvalue weighted by Crippen LogP contribution is -2.47. The predicted molar refractivity (Wildman–Crippen MR) is 115 cm³/mol. The number of hydrogen-bond acceptors (Lipinski definition) is 3. The fraction of sp³-hybridized carbons (Fsp3) is 0.458. The summed E-state index contributed by atoms with van der Waals surface area (Å²) in [4.78, 5) is 17.6.